The van der Waals surface area contributed by atoms with Gasteiger partial charge in [-0.3, -0.25) is 9.69 Å². The van der Waals surface area contributed by atoms with Crippen molar-refractivity contribution in [1.29, 1.82) is 0 Å². The molecule has 0 bridgehead atoms. The standard InChI is InChI=1S/C18H27N5O2/c24-18(13-2-1-3-13)21-7-4-14(5-8-21)22-9-6-17-16(11-22)23-15(12-25-17)10-19-20-23/h10,13-14,16-17H,1-9,11-12H2/t16-,17-/m1/s1. The van der Waals surface area contributed by atoms with Crippen molar-refractivity contribution in [3.8, 4) is 0 Å². The second-order valence-electron chi connectivity index (χ2n) is 8.05. The van der Waals surface area contributed by atoms with Gasteiger partial charge >= 0.3 is 0 Å². The quantitative estimate of drug-likeness (QED) is 0.806. The summed E-state index contributed by atoms with van der Waals surface area (Å²) in [5, 5.41) is 8.36. The number of ether oxygens (including phenoxy) is 1. The summed E-state index contributed by atoms with van der Waals surface area (Å²) in [5.41, 5.74) is 1.09. The Labute approximate surface area is 148 Å². The Bertz CT molecular complexity index is 635. The molecule has 7 heteroatoms. The molecule has 136 valence electrons. The van der Waals surface area contributed by atoms with Crippen LogP contribution < -0.4 is 0 Å². The Morgan fingerprint density at radius 2 is 1.96 bits per heavy atom. The van der Waals surface area contributed by atoms with Crippen LogP contribution in [-0.2, 0) is 16.1 Å². The molecule has 2 saturated heterocycles. The molecular weight excluding hydrogens is 318 g/mol. The first-order chi connectivity index (χ1) is 12.3. The lowest BCUT2D eigenvalue weighted by Gasteiger charge is -2.46. The maximum Gasteiger partial charge on any atom is 0.225 e. The van der Waals surface area contributed by atoms with Crippen molar-refractivity contribution < 1.29 is 9.53 Å². The number of hydrogen-bond acceptors (Lipinski definition) is 5. The van der Waals surface area contributed by atoms with Gasteiger partial charge in [-0.1, -0.05) is 11.6 Å². The van der Waals surface area contributed by atoms with Crippen LogP contribution in [0.3, 0.4) is 0 Å². The number of carbonyl (C=O) groups is 1. The molecule has 1 aromatic heterocycles. The fourth-order valence-corrected chi connectivity index (χ4v) is 4.90. The van der Waals surface area contributed by atoms with E-state index in [4.69, 9.17) is 4.74 Å². The molecule has 3 aliphatic heterocycles. The molecule has 5 rings (SSSR count). The topological polar surface area (TPSA) is 63.5 Å². The van der Waals surface area contributed by atoms with Crippen LogP contribution in [0.5, 0.6) is 0 Å². The van der Waals surface area contributed by atoms with E-state index in [0.29, 0.717) is 24.5 Å². The molecule has 1 aliphatic carbocycles. The zero-order valence-corrected chi connectivity index (χ0v) is 14.7. The van der Waals surface area contributed by atoms with E-state index in [-0.39, 0.29) is 12.1 Å². The molecule has 25 heavy (non-hydrogen) atoms. The summed E-state index contributed by atoms with van der Waals surface area (Å²) in [6.45, 7) is 4.57. The van der Waals surface area contributed by atoms with E-state index < -0.39 is 0 Å². The lowest BCUT2D eigenvalue weighted by molar-refractivity contribution is -0.140. The summed E-state index contributed by atoms with van der Waals surface area (Å²) in [6, 6.07) is 0.870. The monoisotopic (exact) mass is 345 g/mol. The summed E-state index contributed by atoms with van der Waals surface area (Å²) in [6.07, 6.45) is 8.79. The second-order valence-corrected chi connectivity index (χ2v) is 8.05. The molecule has 0 radical (unpaired) electrons. The highest BCUT2D eigenvalue weighted by molar-refractivity contribution is 5.79. The zero-order chi connectivity index (χ0) is 16.8. The van der Waals surface area contributed by atoms with Crippen molar-refractivity contribution in [2.45, 2.75) is 63.3 Å². The molecule has 2 atom stereocenters. The van der Waals surface area contributed by atoms with Crippen molar-refractivity contribution in [3.05, 3.63) is 11.9 Å². The molecule has 4 aliphatic rings. The number of hydrogen-bond donors (Lipinski definition) is 0. The van der Waals surface area contributed by atoms with Crippen LogP contribution >= 0.6 is 0 Å². The third kappa shape index (κ3) is 2.77. The van der Waals surface area contributed by atoms with E-state index in [1.54, 1.807) is 0 Å². The minimum atomic E-state index is 0.269. The predicted octanol–water partition coefficient (Wildman–Crippen LogP) is 1.21. The first-order valence-electron chi connectivity index (χ1n) is 9.83. The van der Waals surface area contributed by atoms with Crippen LogP contribution in [0.4, 0.5) is 0 Å². The van der Waals surface area contributed by atoms with Crippen LogP contribution in [0.1, 0.15) is 50.3 Å². The van der Waals surface area contributed by atoms with Crippen molar-refractivity contribution in [2.24, 2.45) is 5.92 Å². The lowest BCUT2D eigenvalue weighted by atomic mass is 9.84. The fourth-order valence-electron chi connectivity index (χ4n) is 4.90. The van der Waals surface area contributed by atoms with E-state index in [9.17, 15) is 4.79 Å². The number of carbonyl (C=O) groups excluding carboxylic acids is 1. The molecule has 1 saturated carbocycles. The van der Waals surface area contributed by atoms with Crippen LogP contribution in [0.25, 0.3) is 0 Å². The third-order valence-electron chi connectivity index (χ3n) is 6.71. The van der Waals surface area contributed by atoms with Gasteiger partial charge in [-0.25, -0.2) is 4.68 Å². The van der Waals surface area contributed by atoms with E-state index >= 15 is 0 Å². The maximum absolute atomic E-state index is 12.4. The van der Waals surface area contributed by atoms with Crippen LogP contribution in [0.2, 0.25) is 0 Å². The molecule has 1 amide bonds. The van der Waals surface area contributed by atoms with Crippen LogP contribution in [0, 0.1) is 5.92 Å². The number of piperidine rings is 2. The van der Waals surface area contributed by atoms with Gasteiger partial charge in [0.15, 0.2) is 0 Å². The van der Waals surface area contributed by atoms with E-state index in [0.717, 1.165) is 64.0 Å². The van der Waals surface area contributed by atoms with Crippen molar-refractivity contribution in [2.75, 3.05) is 26.2 Å². The highest BCUT2D eigenvalue weighted by Gasteiger charge is 2.39. The van der Waals surface area contributed by atoms with E-state index in [1.165, 1.54) is 6.42 Å². The number of rotatable bonds is 2. The van der Waals surface area contributed by atoms with E-state index in [2.05, 4.69) is 24.8 Å². The summed E-state index contributed by atoms with van der Waals surface area (Å²) >= 11 is 0. The Morgan fingerprint density at radius 3 is 2.72 bits per heavy atom. The third-order valence-corrected chi connectivity index (χ3v) is 6.71. The summed E-state index contributed by atoms with van der Waals surface area (Å²) in [5.74, 6) is 0.744. The zero-order valence-electron chi connectivity index (χ0n) is 14.7. The molecule has 1 aromatic rings. The van der Waals surface area contributed by atoms with Crippen LogP contribution in [0.15, 0.2) is 6.20 Å². The number of likely N-dealkylation sites (tertiary alicyclic amines) is 2. The van der Waals surface area contributed by atoms with Gasteiger partial charge in [0.2, 0.25) is 5.91 Å². The highest BCUT2D eigenvalue weighted by atomic mass is 16.5. The maximum atomic E-state index is 12.4. The van der Waals surface area contributed by atoms with E-state index in [1.807, 2.05) is 6.20 Å². The Morgan fingerprint density at radius 1 is 1.12 bits per heavy atom. The minimum Gasteiger partial charge on any atom is -0.370 e. The Balaban J connectivity index is 1.20. The molecule has 0 unspecified atom stereocenters. The SMILES string of the molecule is O=C(C1CCC1)N1CCC(N2CC[C@H]3OCc4cnnn4[C@@H]3C2)CC1. The van der Waals surface area contributed by atoms with Gasteiger partial charge in [-0.2, -0.15) is 0 Å². The summed E-state index contributed by atoms with van der Waals surface area (Å²) < 4.78 is 8.09. The van der Waals surface area contributed by atoms with Gasteiger partial charge in [0.05, 0.1) is 30.6 Å². The van der Waals surface area contributed by atoms with Crippen molar-refractivity contribution in [3.63, 3.8) is 0 Å². The molecule has 4 heterocycles. The fraction of sp³-hybridized carbons (Fsp3) is 0.833. The number of aromatic nitrogens is 3. The molecule has 7 nitrogen and oxygen atoms in total. The van der Waals surface area contributed by atoms with Gasteiger partial charge < -0.3 is 9.64 Å². The normalized spacial score (nSPS) is 31.3. The largest absolute Gasteiger partial charge is 0.370 e. The smallest absolute Gasteiger partial charge is 0.225 e. The molecule has 0 spiro atoms. The highest BCUT2D eigenvalue weighted by Crippen LogP contribution is 2.33. The van der Waals surface area contributed by atoms with Gasteiger partial charge in [0.25, 0.3) is 0 Å². The average Bonchev–Trinajstić information content (AvgIpc) is 3.09. The van der Waals surface area contributed by atoms with Crippen LogP contribution in [-0.4, -0.2) is 69.0 Å². The number of nitrogens with zero attached hydrogens (tertiary/aromatic N) is 5. The van der Waals surface area contributed by atoms with Crippen molar-refractivity contribution >= 4 is 5.91 Å². The lowest BCUT2D eigenvalue weighted by Crippen LogP contribution is -2.54. The minimum absolute atomic E-state index is 0.269. The number of amides is 1. The van der Waals surface area contributed by atoms with Crippen molar-refractivity contribution in [1.82, 2.24) is 24.8 Å². The first kappa shape index (κ1) is 15.8. The molecule has 3 fully saturated rings. The molecule has 0 aromatic carbocycles. The Kier molecular flexibility index (Phi) is 4.01. The average molecular weight is 345 g/mol. The Hall–Kier alpha value is -1.47. The van der Waals surface area contributed by atoms with Gasteiger partial charge in [-0.15, -0.1) is 5.10 Å². The molecule has 0 N–H and O–H groups in total. The second kappa shape index (κ2) is 6.36. The van der Waals surface area contributed by atoms with Gasteiger partial charge in [-0.05, 0) is 32.1 Å². The predicted molar refractivity (Wildman–Crippen MR) is 90.8 cm³/mol. The summed E-state index contributed by atoms with van der Waals surface area (Å²) in [7, 11) is 0. The van der Waals surface area contributed by atoms with Gasteiger partial charge in [0.1, 0.15) is 0 Å². The molecular formula is C18H27N5O2. The van der Waals surface area contributed by atoms with Gasteiger partial charge in [0, 0.05) is 38.1 Å². The summed E-state index contributed by atoms with van der Waals surface area (Å²) in [4.78, 5) is 17.2. The number of fused-ring (bicyclic) bond motifs is 3. The first-order valence-corrected chi connectivity index (χ1v) is 9.83.